The van der Waals surface area contributed by atoms with E-state index in [1.807, 2.05) is 13.8 Å². The summed E-state index contributed by atoms with van der Waals surface area (Å²) in [5, 5.41) is 0. The minimum absolute atomic E-state index is 0.154. The fourth-order valence-electron chi connectivity index (χ4n) is 3.42. The maximum Gasteiger partial charge on any atom is 0.289 e. The highest BCUT2D eigenvalue weighted by Gasteiger charge is 2.29. The standard InChI is InChI=1S/C23H21F2N3O2/c1-15-11-28(14-26-15)21-8-5-18(9-20(21)25)10-22-23(29)27(12-16(2)30-22)13-17-3-6-19(24)7-4-17/h3-11,14,16H,12-13H2,1-2H3/t16-/m0/s1. The van der Waals surface area contributed by atoms with Crippen LogP contribution in [0.4, 0.5) is 8.78 Å². The van der Waals surface area contributed by atoms with Crippen LogP contribution in [0, 0.1) is 18.6 Å². The first-order valence-electron chi connectivity index (χ1n) is 9.61. The Kier molecular flexibility index (Phi) is 5.35. The molecule has 0 aliphatic carbocycles. The van der Waals surface area contributed by atoms with E-state index in [9.17, 15) is 13.6 Å². The van der Waals surface area contributed by atoms with E-state index in [0.717, 1.165) is 11.3 Å². The van der Waals surface area contributed by atoms with Crippen molar-refractivity contribution >= 4 is 12.0 Å². The molecule has 1 aliphatic heterocycles. The summed E-state index contributed by atoms with van der Waals surface area (Å²) in [7, 11) is 0. The molecule has 1 saturated heterocycles. The number of imidazole rings is 1. The normalized spacial score (nSPS) is 18.0. The lowest BCUT2D eigenvalue weighted by Gasteiger charge is -2.33. The van der Waals surface area contributed by atoms with Gasteiger partial charge in [0.25, 0.3) is 5.91 Å². The second kappa shape index (κ2) is 8.10. The van der Waals surface area contributed by atoms with Crippen molar-refractivity contribution in [2.45, 2.75) is 26.5 Å². The molecule has 0 spiro atoms. The smallest absolute Gasteiger partial charge is 0.289 e. The van der Waals surface area contributed by atoms with E-state index in [2.05, 4.69) is 4.98 Å². The number of aryl methyl sites for hydroxylation is 1. The molecule has 1 aromatic heterocycles. The summed E-state index contributed by atoms with van der Waals surface area (Å²) < 4.78 is 35.1. The van der Waals surface area contributed by atoms with Crippen LogP contribution in [0.3, 0.4) is 0 Å². The number of hydrogen-bond donors (Lipinski definition) is 0. The van der Waals surface area contributed by atoms with Gasteiger partial charge >= 0.3 is 0 Å². The van der Waals surface area contributed by atoms with Gasteiger partial charge in [-0.3, -0.25) is 4.79 Å². The lowest BCUT2D eigenvalue weighted by molar-refractivity contribution is -0.139. The molecule has 0 radical (unpaired) electrons. The van der Waals surface area contributed by atoms with Gasteiger partial charge < -0.3 is 14.2 Å². The van der Waals surface area contributed by atoms with Gasteiger partial charge in [-0.15, -0.1) is 0 Å². The van der Waals surface area contributed by atoms with Gasteiger partial charge in [0.05, 0.1) is 24.3 Å². The van der Waals surface area contributed by atoms with Crippen LogP contribution in [0.2, 0.25) is 0 Å². The Balaban J connectivity index is 1.56. The van der Waals surface area contributed by atoms with Crippen LogP contribution in [-0.2, 0) is 16.1 Å². The number of amides is 1. The number of hydrogen-bond acceptors (Lipinski definition) is 3. The molecule has 3 aromatic rings. The van der Waals surface area contributed by atoms with Gasteiger partial charge in [0.15, 0.2) is 5.76 Å². The quantitative estimate of drug-likeness (QED) is 0.606. The van der Waals surface area contributed by atoms with E-state index >= 15 is 0 Å². The molecule has 2 heterocycles. The second-order valence-corrected chi connectivity index (χ2v) is 7.38. The first-order valence-corrected chi connectivity index (χ1v) is 9.61. The Morgan fingerprint density at radius 3 is 2.63 bits per heavy atom. The molecule has 7 heteroatoms. The van der Waals surface area contributed by atoms with Crippen molar-refractivity contribution in [3.05, 3.63) is 89.2 Å². The van der Waals surface area contributed by atoms with E-state index in [1.54, 1.807) is 52.3 Å². The molecule has 2 aromatic carbocycles. The lowest BCUT2D eigenvalue weighted by Crippen LogP contribution is -2.43. The van der Waals surface area contributed by atoms with Crippen LogP contribution in [-0.4, -0.2) is 33.0 Å². The van der Waals surface area contributed by atoms with Gasteiger partial charge in [0.1, 0.15) is 17.7 Å². The van der Waals surface area contributed by atoms with Crippen molar-refractivity contribution in [3.8, 4) is 5.69 Å². The zero-order chi connectivity index (χ0) is 21.3. The summed E-state index contributed by atoms with van der Waals surface area (Å²) in [5.74, 6) is -0.882. The fourth-order valence-corrected chi connectivity index (χ4v) is 3.42. The van der Waals surface area contributed by atoms with E-state index in [0.29, 0.717) is 24.3 Å². The third-order valence-corrected chi connectivity index (χ3v) is 4.85. The van der Waals surface area contributed by atoms with Crippen LogP contribution >= 0.6 is 0 Å². The summed E-state index contributed by atoms with van der Waals surface area (Å²) >= 11 is 0. The number of halogens is 2. The topological polar surface area (TPSA) is 47.4 Å². The van der Waals surface area contributed by atoms with Gasteiger partial charge in [-0.25, -0.2) is 13.8 Å². The predicted octanol–water partition coefficient (Wildman–Crippen LogP) is 4.25. The van der Waals surface area contributed by atoms with Crippen molar-refractivity contribution in [2.75, 3.05) is 6.54 Å². The summed E-state index contributed by atoms with van der Waals surface area (Å²) in [4.78, 5) is 18.6. The molecule has 1 fully saturated rings. The van der Waals surface area contributed by atoms with Crippen molar-refractivity contribution in [1.82, 2.24) is 14.5 Å². The van der Waals surface area contributed by atoms with Crippen molar-refractivity contribution in [3.63, 3.8) is 0 Å². The molecule has 5 nitrogen and oxygen atoms in total. The molecule has 0 bridgehead atoms. The molecule has 0 unspecified atom stereocenters. The average Bonchev–Trinajstić information content (AvgIpc) is 3.13. The first-order chi connectivity index (χ1) is 14.4. The van der Waals surface area contributed by atoms with Gasteiger partial charge in [-0.05, 0) is 55.3 Å². The number of morpholine rings is 1. The number of ether oxygens (including phenoxy) is 1. The highest BCUT2D eigenvalue weighted by Crippen LogP contribution is 2.23. The van der Waals surface area contributed by atoms with E-state index in [4.69, 9.17) is 4.74 Å². The van der Waals surface area contributed by atoms with Crippen LogP contribution in [0.25, 0.3) is 11.8 Å². The summed E-state index contributed by atoms with van der Waals surface area (Å²) in [6.45, 7) is 4.46. The van der Waals surface area contributed by atoms with Crippen molar-refractivity contribution in [1.29, 1.82) is 0 Å². The lowest BCUT2D eigenvalue weighted by atomic mass is 10.1. The minimum Gasteiger partial charge on any atom is -0.483 e. The molecule has 1 aliphatic rings. The monoisotopic (exact) mass is 409 g/mol. The highest BCUT2D eigenvalue weighted by molar-refractivity contribution is 5.96. The number of carbonyl (C=O) groups is 1. The van der Waals surface area contributed by atoms with Crippen molar-refractivity contribution < 1.29 is 18.3 Å². The van der Waals surface area contributed by atoms with Gasteiger partial charge in [-0.2, -0.15) is 0 Å². The number of carbonyl (C=O) groups excluding carboxylic acids is 1. The number of rotatable bonds is 4. The molecule has 154 valence electrons. The highest BCUT2D eigenvalue weighted by atomic mass is 19.1. The Morgan fingerprint density at radius 2 is 1.97 bits per heavy atom. The second-order valence-electron chi connectivity index (χ2n) is 7.38. The molecule has 0 saturated carbocycles. The largest absolute Gasteiger partial charge is 0.483 e. The Labute approximate surface area is 173 Å². The third kappa shape index (κ3) is 4.25. The number of aromatic nitrogens is 2. The Hall–Kier alpha value is -3.48. The SMILES string of the molecule is Cc1cn(-c2ccc(C=C3O[C@@H](C)CN(Cc4ccc(F)cc4)C3=O)cc2F)cn1. The van der Waals surface area contributed by atoms with E-state index in [-0.39, 0.29) is 23.6 Å². The number of nitrogens with zero attached hydrogens (tertiary/aromatic N) is 3. The van der Waals surface area contributed by atoms with Crippen LogP contribution in [0.15, 0.2) is 60.7 Å². The predicted molar refractivity (Wildman–Crippen MR) is 109 cm³/mol. The van der Waals surface area contributed by atoms with Crippen molar-refractivity contribution in [2.24, 2.45) is 0 Å². The Bertz CT molecular complexity index is 1110. The van der Waals surface area contributed by atoms with E-state index in [1.165, 1.54) is 18.2 Å². The molecule has 1 atom stereocenters. The van der Waals surface area contributed by atoms with Crippen LogP contribution in [0.1, 0.15) is 23.7 Å². The molecule has 30 heavy (non-hydrogen) atoms. The molecular formula is C23H21F2N3O2. The fraction of sp³-hybridized carbons (Fsp3) is 0.217. The van der Waals surface area contributed by atoms with Gasteiger partial charge in [0, 0.05) is 12.7 Å². The number of benzene rings is 2. The summed E-state index contributed by atoms with van der Waals surface area (Å²) in [6, 6.07) is 10.8. The maximum absolute atomic E-state index is 14.6. The van der Waals surface area contributed by atoms with Crippen LogP contribution < -0.4 is 0 Å². The minimum atomic E-state index is -0.429. The zero-order valence-corrected chi connectivity index (χ0v) is 16.7. The van der Waals surface area contributed by atoms with Crippen LogP contribution in [0.5, 0.6) is 0 Å². The zero-order valence-electron chi connectivity index (χ0n) is 16.7. The van der Waals surface area contributed by atoms with E-state index < -0.39 is 5.82 Å². The molecule has 0 N–H and O–H groups in total. The summed E-state index contributed by atoms with van der Waals surface area (Å²) in [5.41, 5.74) is 2.51. The third-order valence-electron chi connectivity index (χ3n) is 4.85. The molecule has 4 rings (SSSR count). The molecule has 1 amide bonds. The maximum atomic E-state index is 14.6. The molecular weight excluding hydrogens is 388 g/mol. The first kappa shape index (κ1) is 19.8. The van der Waals surface area contributed by atoms with Gasteiger partial charge in [0.2, 0.25) is 0 Å². The Morgan fingerprint density at radius 1 is 1.20 bits per heavy atom. The average molecular weight is 409 g/mol. The van der Waals surface area contributed by atoms with Gasteiger partial charge in [-0.1, -0.05) is 18.2 Å². The summed E-state index contributed by atoms with van der Waals surface area (Å²) in [6.07, 6.45) is 4.61.